The topological polar surface area (TPSA) is 81.7 Å². The summed E-state index contributed by atoms with van der Waals surface area (Å²) in [6, 6.07) is 9.97. The number of nitrogens with one attached hydrogen (secondary N) is 1. The van der Waals surface area contributed by atoms with Crippen molar-refractivity contribution in [1.82, 2.24) is 19.7 Å². The molecule has 6 nitrogen and oxygen atoms in total. The highest BCUT2D eigenvalue weighted by molar-refractivity contribution is 14.1. The van der Waals surface area contributed by atoms with Crippen molar-refractivity contribution in [1.29, 1.82) is 0 Å². The van der Waals surface area contributed by atoms with Crippen LogP contribution in [0, 0.1) is 17.4 Å². The van der Waals surface area contributed by atoms with Crippen LogP contribution in [0.1, 0.15) is 11.4 Å². The number of anilines is 3. The fraction of sp³-hybridized carbons (Fsp3) is 0.133. The van der Waals surface area contributed by atoms with Gasteiger partial charge in [-0.05, 0) is 66.8 Å². The average molecular weight is 406 g/mol. The second kappa shape index (κ2) is 5.91. The normalized spacial score (nSPS) is 10.7. The first-order valence-corrected chi connectivity index (χ1v) is 7.79. The SMILES string of the molecule is Cc1cc(C)n(-c2ncnc(Nc3ccc(I)cc3)c2N)n1. The van der Waals surface area contributed by atoms with Gasteiger partial charge in [-0.1, -0.05) is 0 Å². The van der Waals surface area contributed by atoms with Gasteiger partial charge in [0.15, 0.2) is 11.6 Å². The summed E-state index contributed by atoms with van der Waals surface area (Å²) in [6.07, 6.45) is 1.48. The average Bonchev–Trinajstić information content (AvgIpc) is 2.82. The molecule has 7 heteroatoms. The molecule has 0 aliphatic carbocycles. The number of nitrogens with two attached hydrogens (primary N) is 1. The number of rotatable bonds is 3. The summed E-state index contributed by atoms with van der Waals surface area (Å²) < 4.78 is 2.90. The molecule has 3 rings (SSSR count). The first-order valence-electron chi connectivity index (χ1n) is 6.71. The fourth-order valence-corrected chi connectivity index (χ4v) is 2.53. The molecule has 0 unspecified atom stereocenters. The molecule has 0 saturated heterocycles. The summed E-state index contributed by atoms with van der Waals surface area (Å²) in [5, 5.41) is 7.63. The molecule has 1 aromatic carbocycles. The lowest BCUT2D eigenvalue weighted by Crippen LogP contribution is -2.09. The van der Waals surface area contributed by atoms with E-state index in [1.807, 2.05) is 44.2 Å². The van der Waals surface area contributed by atoms with E-state index in [2.05, 4.69) is 43.0 Å². The molecule has 2 aromatic heterocycles. The van der Waals surface area contributed by atoms with Gasteiger partial charge in [0.1, 0.15) is 12.0 Å². The zero-order valence-corrected chi connectivity index (χ0v) is 14.4. The number of aryl methyl sites for hydroxylation is 2. The van der Waals surface area contributed by atoms with Gasteiger partial charge in [0, 0.05) is 15.0 Å². The van der Waals surface area contributed by atoms with Gasteiger partial charge in [0.2, 0.25) is 0 Å². The van der Waals surface area contributed by atoms with Crippen molar-refractivity contribution in [2.75, 3.05) is 11.1 Å². The molecule has 0 atom stereocenters. The van der Waals surface area contributed by atoms with Crippen LogP contribution in [0.25, 0.3) is 5.82 Å². The Balaban J connectivity index is 1.98. The van der Waals surface area contributed by atoms with Crippen molar-refractivity contribution in [2.45, 2.75) is 13.8 Å². The molecule has 0 spiro atoms. The molecule has 3 N–H and O–H groups in total. The third-order valence-corrected chi connectivity index (χ3v) is 3.90. The van der Waals surface area contributed by atoms with Crippen LogP contribution in [0.3, 0.4) is 0 Å². The Kier molecular flexibility index (Phi) is 3.97. The monoisotopic (exact) mass is 406 g/mol. The fourth-order valence-electron chi connectivity index (χ4n) is 2.17. The number of benzene rings is 1. The highest BCUT2D eigenvalue weighted by atomic mass is 127. The molecule has 22 heavy (non-hydrogen) atoms. The first-order chi connectivity index (χ1) is 10.5. The third-order valence-electron chi connectivity index (χ3n) is 3.18. The van der Waals surface area contributed by atoms with Gasteiger partial charge in [0.25, 0.3) is 0 Å². The van der Waals surface area contributed by atoms with E-state index < -0.39 is 0 Å². The van der Waals surface area contributed by atoms with Gasteiger partial charge in [0.05, 0.1) is 5.69 Å². The van der Waals surface area contributed by atoms with Crippen molar-refractivity contribution in [2.24, 2.45) is 0 Å². The van der Waals surface area contributed by atoms with Gasteiger partial charge >= 0.3 is 0 Å². The summed E-state index contributed by atoms with van der Waals surface area (Å²) in [4.78, 5) is 8.49. The molecule has 0 radical (unpaired) electrons. The quantitative estimate of drug-likeness (QED) is 0.653. The predicted octanol–water partition coefficient (Wildman–Crippen LogP) is 3.21. The Morgan fingerprint density at radius 3 is 2.50 bits per heavy atom. The number of nitrogens with zero attached hydrogens (tertiary/aromatic N) is 4. The predicted molar refractivity (Wildman–Crippen MR) is 95.5 cm³/mol. The van der Waals surface area contributed by atoms with E-state index in [4.69, 9.17) is 5.73 Å². The van der Waals surface area contributed by atoms with Gasteiger partial charge in [-0.3, -0.25) is 0 Å². The molecule has 0 saturated carbocycles. The number of nitrogen functional groups attached to an aromatic ring is 1. The van der Waals surface area contributed by atoms with E-state index in [-0.39, 0.29) is 0 Å². The van der Waals surface area contributed by atoms with Gasteiger partial charge in [-0.2, -0.15) is 5.10 Å². The Labute approximate surface area is 141 Å². The Morgan fingerprint density at radius 1 is 1.14 bits per heavy atom. The van der Waals surface area contributed by atoms with E-state index in [0.29, 0.717) is 17.3 Å². The van der Waals surface area contributed by atoms with E-state index >= 15 is 0 Å². The smallest absolute Gasteiger partial charge is 0.182 e. The van der Waals surface area contributed by atoms with Crippen LogP contribution in [-0.4, -0.2) is 19.7 Å². The minimum absolute atomic E-state index is 0.465. The molecule has 0 bridgehead atoms. The van der Waals surface area contributed by atoms with Crippen LogP contribution in [0.4, 0.5) is 17.2 Å². The van der Waals surface area contributed by atoms with Gasteiger partial charge in [-0.25, -0.2) is 14.6 Å². The lowest BCUT2D eigenvalue weighted by atomic mass is 10.3. The largest absolute Gasteiger partial charge is 0.393 e. The van der Waals surface area contributed by atoms with E-state index in [1.165, 1.54) is 9.90 Å². The summed E-state index contributed by atoms with van der Waals surface area (Å²) in [6.45, 7) is 3.90. The number of hydrogen-bond acceptors (Lipinski definition) is 5. The van der Waals surface area contributed by atoms with Crippen LogP contribution in [0.5, 0.6) is 0 Å². The summed E-state index contributed by atoms with van der Waals surface area (Å²) in [7, 11) is 0. The Hall–Kier alpha value is -2.16. The Bertz CT molecular complexity index is 809. The van der Waals surface area contributed by atoms with E-state index in [9.17, 15) is 0 Å². The number of aromatic nitrogens is 4. The van der Waals surface area contributed by atoms with Crippen molar-refractivity contribution in [3.63, 3.8) is 0 Å². The molecule has 3 aromatic rings. The second-order valence-electron chi connectivity index (χ2n) is 4.93. The van der Waals surface area contributed by atoms with Crippen molar-refractivity contribution < 1.29 is 0 Å². The maximum Gasteiger partial charge on any atom is 0.182 e. The molecule has 0 aliphatic rings. The van der Waals surface area contributed by atoms with Crippen LogP contribution in [-0.2, 0) is 0 Å². The number of hydrogen-bond donors (Lipinski definition) is 2. The molecule has 0 aliphatic heterocycles. The molecule has 0 amide bonds. The maximum atomic E-state index is 6.22. The van der Waals surface area contributed by atoms with E-state index in [1.54, 1.807) is 4.68 Å². The minimum Gasteiger partial charge on any atom is -0.393 e. The van der Waals surface area contributed by atoms with Gasteiger partial charge < -0.3 is 11.1 Å². The van der Waals surface area contributed by atoms with Crippen LogP contribution < -0.4 is 11.1 Å². The molecular formula is C15H15IN6. The lowest BCUT2D eigenvalue weighted by molar-refractivity contribution is 0.804. The first kappa shape index (κ1) is 14.8. The van der Waals surface area contributed by atoms with Crippen LogP contribution >= 0.6 is 22.6 Å². The molecule has 112 valence electrons. The van der Waals surface area contributed by atoms with Crippen molar-refractivity contribution >= 4 is 39.8 Å². The lowest BCUT2D eigenvalue weighted by Gasteiger charge is -2.12. The minimum atomic E-state index is 0.465. The second-order valence-corrected chi connectivity index (χ2v) is 6.18. The summed E-state index contributed by atoms with van der Waals surface area (Å²) >= 11 is 2.26. The molecule has 0 fully saturated rings. The standard InChI is InChI=1S/C15H15IN6/c1-9-7-10(2)22(21-9)15-13(17)14(18-8-19-15)20-12-5-3-11(16)4-6-12/h3-8H,17H2,1-2H3,(H,18,19,20). The summed E-state index contributed by atoms with van der Waals surface area (Å²) in [5.74, 6) is 1.15. The highest BCUT2D eigenvalue weighted by Gasteiger charge is 2.13. The number of halogens is 1. The Morgan fingerprint density at radius 2 is 1.86 bits per heavy atom. The molecular weight excluding hydrogens is 391 g/mol. The van der Waals surface area contributed by atoms with Crippen LogP contribution in [0.2, 0.25) is 0 Å². The zero-order valence-electron chi connectivity index (χ0n) is 12.2. The highest BCUT2D eigenvalue weighted by Crippen LogP contribution is 2.25. The molecule has 2 heterocycles. The van der Waals surface area contributed by atoms with Crippen molar-refractivity contribution in [3.8, 4) is 5.82 Å². The maximum absolute atomic E-state index is 6.22. The zero-order chi connectivity index (χ0) is 15.7. The van der Waals surface area contributed by atoms with Crippen LogP contribution in [0.15, 0.2) is 36.7 Å². The van der Waals surface area contributed by atoms with Crippen molar-refractivity contribution in [3.05, 3.63) is 51.6 Å². The van der Waals surface area contributed by atoms with E-state index in [0.717, 1.165) is 17.1 Å². The van der Waals surface area contributed by atoms with Gasteiger partial charge in [-0.15, -0.1) is 0 Å². The summed E-state index contributed by atoms with van der Waals surface area (Å²) in [5.41, 5.74) is 9.50. The third kappa shape index (κ3) is 2.89.